The standard InChI is InChI=1S/C15H32N4O2.HI/c1-6-16-14(18-12-15(3,4)20-5)17-11-13(2)19-7-9-21-10-8-19;/h13H,6-12H2,1-5H3,(H2,16,17,18);1H. The highest BCUT2D eigenvalue weighted by atomic mass is 127. The van der Waals surface area contributed by atoms with Gasteiger partial charge in [-0.2, -0.15) is 0 Å². The van der Waals surface area contributed by atoms with Crippen molar-refractivity contribution in [2.75, 3.05) is 53.0 Å². The number of guanidine groups is 1. The first-order chi connectivity index (χ1) is 9.98. The fourth-order valence-electron chi connectivity index (χ4n) is 2.07. The summed E-state index contributed by atoms with van der Waals surface area (Å²) in [6.07, 6.45) is 0. The molecular weight excluding hydrogens is 395 g/mol. The summed E-state index contributed by atoms with van der Waals surface area (Å²) in [6, 6.07) is 0.466. The molecule has 0 aromatic carbocycles. The van der Waals surface area contributed by atoms with Crippen LogP contribution in [0.3, 0.4) is 0 Å². The van der Waals surface area contributed by atoms with Gasteiger partial charge in [0.2, 0.25) is 0 Å². The molecule has 6 nitrogen and oxygen atoms in total. The predicted octanol–water partition coefficient (Wildman–Crippen LogP) is 1.31. The minimum atomic E-state index is -0.238. The molecule has 0 saturated carbocycles. The maximum Gasteiger partial charge on any atom is 0.191 e. The van der Waals surface area contributed by atoms with Crippen LogP contribution in [0.2, 0.25) is 0 Å². The molecule has 0 radical (unpaired) electrons. The quantitative estimate of drug-likeness (QED) is 0.364. The van der Waals surface area contributed by atoms with Crippen LogP contribution in [0.15, 0.2) is 4.99 Å². The number of nitrogens with one attached hydrogen (secondary N) is 2. The zero-order chi connectivity index (χ0) is 15.7. The van der Waals surface area contributed by atoms with E-state index in [4.69, 9.17) is 9.47 Å². The maximum atomic E-state index is 5.40. The Morgan fingerprint density at radius 2 is 1.95 bits per heavy atom. The molecule has 132 valence electrons. The molecule has 1 heterocycles. The van der Waals surface area contributed by atoms with Gasteiger partial charge in [-0.25, -0.2) is 0 Å². The lowest BCUT2D eigenvalue weighted by Gasteiger charge is -2.32. The molecule has 0 bridgehead atoms. The molecule has 1 atom stereocenters. The van der Waals surface area contributed by atoms with Gasteiger partial charge < -0.3 is 20.1 Å². The second-order valence-corrected chi connectivity index (χ2v) is 6.04. The van der Waals surface area contributed by atoms with Crippen molar-refractivity contribution in [1.82, 2.24) is 15.5 Å². The molecule has 0 aliphatic carbocycles. The van der Waals surface area contributed by atoms with Crippen LogP contribution >= 0.6 is 24.0 Å². The molecule has 0 aromatic rings. The van der Waals surface area contributed by atoms with E-state index in [0.717, 1.165) is 45.4 Å². The molecule has 22 heavy (non-hydrogen) atoms. The number of rotatable bonds is 7. The van der Waals surface area contributed by atoms with Crippen LogP contribution in [-0.2, 0) is 9.47 Å². The van der Waals surface area contributed by atoms with E-state index in [2.05, 4.69) is 34.4 Å². The molecular formula is C15H33IN4O2. The summed E-state index contributed by atoms with van der Waals surface area (Å²) in [5.41, 5.74) is -0.238. The van der Waals surface area contributed by atoms with Gasteiger partial charge in [0.15, 0.2) is 5.96 Å². The summed E-state index contributed by atoms with van der Waals surface area (Å²) < 4.78 is 10.8. The Kier molecular flexibility index (Phi) is 11.4. The lowest BCUT2D eigenvalue weighted by Crippen LogP contribution is -2.49. The molecule has 2 N–H and O–H groups in total. The van der Waals surface area contributed by atoms with Gasteiger partial charge in [0.25, 0.3) is 0 Å². The lowest BCUT2D eigenvalue weighted by atomic mass is 10.1. The largest absolute Gasteiger partial charge is 0.379 e. The van der Waals surface area contributed by atoms with E-state index in [9.17, 15) is 0 Å². The van der Waals surface area contributed by atoms with E-state index in [1.54, 1.807) is 7.11 Å². The van der Waals surface area contributed by atoms with E-state index < -0.39 is 0 Å². The minimum Gasteiger partial charge on any atom is -0.379 e. The van der Waals surface area contributed by atoms with Crippen LogP contribution < -0.4 is 10.6 Å². The number of hydrogen-bond acceptors (Lipinski definition) is 4. The zero-order valence-electron chi connectivity index (χ0n) is 14.6. The first-order valence-electron chi connectivity index (χ1n) is 7.87. The van der Waals surface area contributed by atoms with Gasteiger partial charge in [0.05, 0.1) is 25.4 Å². The van der Waals surface area contributed by atoms with Crippen LogP contribution in [-0.4, -0.2) is 75.5 Å². The summed E-state index contributed by atoms with van der Waals surface area (Å²) in [6.45, 7) is 14.4. The molecule has 1 saturated heterocycles. The smallest absolute Gasteiger partial charge is 0.191 e. The van der Waals surface area contributed by atoms with Gasteiger partial charge in [0, 0.05) is 39.3 Å². The van der Waals surface area contributed by atoms with Crippen molar-refractivity contribution in [1.29, 1.82) is 0 Å². The molecule has 0 aromatic heterocycles. The molecule has 0 amide bonds. The molecule has 1 aliphatic rings. The van der Waals surface area contributed by atoms with Crippen molar-refractivity contribution in [3.63, 3.8) is 0 Å². The Morgan fingerprint density at radius 3 is 2.50 bits per heavy atom. The van der Waals surface area contributed by atoms with E-state index in [1.807, 2.05) is 13.8 Å². The van der Waals surface area contributed by atoms with Crippen molar-refractivity contribution in [2.45, 2.75) is 39.3 Å². The van der Waals surface area contributed by atoms with Crippen LogP contribution in [0.1, 0.15) is 27.7 Å². The third-order valence-corrected chi connectivity index (χ3v) is 3.75. The molecule has 1 unspecified atom stereocenters. The molecule has 1 fully saturated rings. The lowest BCUT2D eigenvalue weighted by molar-refractivity contribution is 0.0211. The Bertz CT molecular complexity index is 321. The first-order valence-corrected chi connectivity index (χ1v) is 7.87. The Hall–Kier alpha value is -0.120. The Labute approximate surface area is 152 Å². The van der Waals surface area contributed by atoms with E-state index >= 15 is 0 Å². The Balaban J connectivity index is 0.00000441. The number of aliphatic imine (C=N–C) groups is 1. The van der Waals surface area contributed by atoms with Crippen LogP contribution in [0.5, 0.6) is 0 Å². The van der Waals surface area contributed by atoms with Gasteiger partial charge in [-0.3, -0.25) is 9.89 Å². The SMILES string of the molecule is CCNC(=NCC(C)(C)OC)NCC(C)N1CCOCC1.I. The Morgan fingerprint density at radius 1 is 1.32 bits per heavy atom. The summed E-state index contributed by atoms with van der Waals surface area (Å²) in [5, 5.41) is 6.69. The van der Waals surface area contributed by atoms with Gasteiger partial charge in [-0.15, -0.1) is 24.0 Å². The second-order valence-electron chi connectivity index (χ2n) is 6.04. The van der Waals surface area contributed by atoms with Gasteiger partial charge in [-0.1, -0.05) is 0 Å². The minimum absolute atomic E-state index is 0. The normalized spacial score (nSPS) is 18.5. The third-order valence-electron chi connectivity index (χ3n) is 3.75. The summed E-state index contributed by atoms with van der Waals surface area (Å²) in [4.78, 5) is 7.04. The van der Waals surface area contributed by atoms with Crippen molar-refractivity contribution in [3.05, 3.63) is 0 Å². The van der Waals surface area contributed by atoms with Crippen molar-refractivity contribution in [3.8, 4) is 0 Å². The molecule has 1 aliphatic heterocycles. The number of morpholine rings is 1. The highest BCUT2D eigenvalue weighted by molar-refractivity contribution is 14.0. The van der Waals surface area contributed by atoms with Crippen LogP contribution in [0, 0.1) is 0 Å². The van der Waals surface area contributed by atoms with Crippen LogP contribution in [0.25, 0.3) is 0 Å². The topological polar surface area (TPSA) is 58.1 Å². The first kappa shape index (κ1) is 21.9. The highest BCUT2D eigenvalue weighted by Gasteiger charge is 2.18. The van der Waals surface area contributed by atoms with E-state index in [0.29, 0.717) is 12.6 Å². The van der Waals surface area contributed by atoms with E-state index in [-0.39, 0.29) is 29.6 Å². The summed E-state index contributed by atoms with van der Waals surface area (Å²) in [7, 11) is 1.72. The fourth-order valence-corrected chi connectivity index (χ4v) is 2.07. The van der Waals surface area contributed by atoms with E-state index in [1.165, 1.54) is 0 Å². The molecule has 0 spiro atoms. The number of methoxy groups -OCH3 is 1. The van der Waals surface area contributed by atoms with Gasteiger partial charge >= 0.3 is 0 Å². The average molecular weight is 428 g/mol. The van der Waals surface area contributed by atoms with Gasteiger partial charge in [0.1, 0.15) is 0 Å². The zero-order valence-corrected chi connectivity index (χ0v) is 17.0. The number of ether oxygens (including phenoxy) is 2. The van der Waals surface area contributed by atoms with Gasteiger partial charge in [-0.05, 0) is 27.7 Å². The highest BCUT2D eigenvalue weighted by Crippen LogP contribution is 2.07. The summed E-state index contributed by atoms with van der Waals surface area (Å²) >= 11 is 0. The predicted molar refractivity (Wildman–Crippen MR) is 102 cm³/mol. The van der Waals surface area contributed by atoms with Crippen molar-refractivity contribution >= 4 is 29.9 Å². The molecule has 7 heteroatoms. The van der Waals surface area contributed by atoms with Crippen LogP contribution in [0.4, 0.5) is 0 Å². The maximum absolute atomic E-state index is 5.40. The number of nitrogens with zero attached hydrogens (tertiary/aromatic N) is 2. The second kappa shape index (κ2) is 11.4. The van der Waals surface area contributed by atoms with Crippen molar-refractivity contribution < 1.29 is 9.47 Å². The monoisotopic (exact) mass is 428 g/mol. The fraction of sp³-hybridized carbons (Fsp3) is 0.933. The number of hydrogen-bond donors (Lipinski definition) is 2. The van der Waals surface area contributed by atoms with Crippen molar-refractivity contribution in [2.24, 2.45) is 4.99 Å². The third kappa shape index (κ3) is 8.50. The molecule has 1 rings (SSSR count). The summed E-state index contributed by atoms with van der Waals surface area (Å²) in [5.74, 6) is 0.850. The number of halogens is 1. The average Bonchev–Trinajstić information content (AvgIpc) is 2.50.